The van der Waals surface area contributed by atoms with Crippen LogP contribution in [-0.2, 0) is 29.6 Å². The third-order valence-corrected chi connectivity index (χ3v) is 9.29. The largest absolute Gasteiger partial charge is 0.379 e. The zero-order valence-corrected chi connectivity index (χ0v) is 21.5. The zero-order chi connectivity index (χ0) is 25.9. The first-order valence-electron chi connectivity index (χ1n) is 11.5. The smallest absolute Gasteiger partial charge is 0.243 e. The molecule has 2 heterocycles. The Bertz CT molecular complexity index is 1290. The van der Waals surface area contributed by atoms with Gasteiger partial charge in [-0.05, 0) is 36.4 Å². The summed E-state index contributed by atoms with van der Waals surface area (Å²) in [5.41, 5.74) is 0.659. The predicted octanol–water partition coefficient (Wildman–Crippen LogP) is 0.961. The van der Waals surface area contributed by atoms with Gasteiger partial charge in [0.25, 0.3) is 0 Å². The Balaban J connectivity index is 1.44. The molecule has 0 unspecified atom stereocenters. The van der Waals surface area contributed by atoms with Crippen LogP contribution in [0.1, 0.15) is 0 Å². The third-order valence-electron chi connectivity index (χ3n) is 6.24. The molecule has 2 aromatic rings. The number of hydrogen-bond donors (Lipinski definition) is 0. The average Bonchev–Trinajstić information content (AvgIpc) is 2.87. The number of halogens is 1. The molecule has 0 N–H and O–H groups in total. The predicted molar refractivity (Wildman–Crippen MR) is 133 cm³/mol. The lowest BCUT2D eigenvalue weighted by Crippen LogP contribution is -2.52. The van der Waals surface area contributed by atoms with Crippen LogP contribution < -0.4 is 9.21 Å². The Morgan fingerprint density at radius 3 is 2.11 bits per heavy atom. The van der Waals surface area contributed by atoms with Crippen molar-refractivity contribution in [2.45, 2.75) is 4.90 Å². The number of nitrogens with zero attached hydrogens (tertiary/aromatic N) is 4. The molecule has 0 saturated carbocycles. The zero-order valence-electron chi connectivity index (χ0n) is 19.9. The van der Waals surface area contributed by atoms with Crippen LogP contribution in [0, 0.1) is 5.82 Å². The number of carbonyl (C=O) groups is 1. The fourth-order valence-electron chi connectivity index (χ4n) is 4.25. The van der Waals surface area contributed by atoms with Crippen molar-refractivity contribution in [2.24, 2.45) is 0 Å². The monoisotopic (exact) mass is 540 g/mol. The lowest BCUT2D eigenvalue weighted by atomic mass is 10.2. The van der Waals surface area contributed by atoms with E-state index in [1.165, 1.54) is 34.6 Å². The number of hydrogen-bond acceptors (Lipinski definition) is 7. The van der Waals surface area contributed by atoms with Gasteiger partial charge in [0.15, 0.2) is 0 Å². The summed E-state index contributed by atoms with van der Waals surface area (Å²) in [6.45, 7) is 2.18. The first-order chi connectivity index (χ1) is 17.1. The topological polar surface area (TPSA) is 108 Å². The molecular weight excluding hydrogens is 511 g/mol. The molecule has 196 valence electrons. The van der Waals surface area contributed by atoms with Crippen molar-refractivity contribution in [3.05, 3.63) is 54.3 Å². The molecule has 2 aromatic carbocycles. The Hall–Kier alpha value is -2.74. The number of carbonyl (C=O) groups excluding carboxylic acids is 1. The molecule has 10 nitrogen and oxygen atoms in total. The minimum atomic E-state index is -3.83. The number of anilines is 2. The molecule has 2 aliphatic heterocycles. The standard InChI is InChI=1S/C23H29FN4O6S2/c1-35(30,31)28(19-6-8-20(9-7-19)36(32,33)27-14-16-34-17-15-27)18-23(29)26-12-10-25(11-13-26)22-5-3-2-4-21(22)24/h2-9H,10-18H2,1H3. The van der Waals surface area contributed by atoms with Crippen LogP contribution >= 0.6 is 0 Å². The van der Waals surface area contributed by atoms with Gasteiger partial charge >= 0.3 is 0 Å². The minimum absolute atomic E-state index is 0.0391. The molecule has 2 fully saturated rings. The molecule has 0 atom stereocenters. The average molecular weight is 541 g/mol. The summed E-state index contributed by atoms with van der Waals surface area (Å²) in [5.74, 6) is -0.724. The van der Waals surface area contributed by atoms with Crippen molar-refractivity contribution < 1.29 is 30.8 Å². The van der Waals surface area contributed by atoms with Crippen LogP contribution in [0.2, 0.25) is 0 Å². The summed E-state index contributed by atoms with van der Waals surface area (Å²) in [6.07, 6.45) is 0.995. The molecule has 0 spiro atoms. The maximum Gasteiger partial charge on any atom is 0.243 e. The summed E-state index contributed by atoms with van der Waals surface area (Å²) in [5, 5.41) is 0. The molecule has 13 heteroatoms. The maximum absolute atomic E-state index is 14.1. The molecule has 0 aliphatic carbocycles. The maximum atomic E-state index is 14.1. The van der Waals surface area contributed by atoms with Crippen LogP contribution in [-0.4, -0.2) is 97.2 Å². The van der Waals surface area contributed by atoms with Gasteiger partial charge in [-0.2, -0.15) is 4.31 Å². The van der Waals surface area contributed by atoms with Gasteiger partial charge in [0.05, 0.1) is 35.7 Å². The van der Waals surface area contributed by atoms with Crippen LogP contribution in [0.5, 0.6) is 0 Å². The summed E-state index contributed by atoms with van der Waals surface area (Å²) in [6, 6.07) is 11.9. The molecule has 36 heavy (non-hydrogen) atoms. The molecule has 2 saturated heterocycles. The van der Waals surface area contributed by atoms with Crippen LogP contribution in [0.4, 0.5) is 15.8 Å². The lowest BCUT2D eigenvalue weighted by molar-refractivity contribution is -0.129. The van der Waals surface area contributed by atoms with E-state index in [2.05, 4.69) is 0 Å². The van der Waals surface area contributed by atoms with Crippen molar-refractivity contribution in [1.82, 2.24) is 9.21 Å². The van der Waals surface area contributed by atoms with Crippen LogP contribution in [0.3, 0.4) is 0 Å². The van der Waals surface area contributed by atoms with Crippen LogP contribution in [0.25, 0.3) is 0 Å². The Labute approximate surface area is 210 Å². The van der Waals surface area contributed by atoms with Gasteiger partial charge in [-0.25, -0.2) is 21.2 Å². The molecule has 2 aliphatic rings. The van der Waals surface area contributed by atoms with Gasteiger partial charge in [0, 0.05) is 39.3 Å². The Kier molecular flexibility index (Phi) is 7.83. The van der Waals surface area contributed by atoms with Crippen molar-refractivity contribution in [2.75, 3.05) is 74.5 Å². The summed E-state index contributed by atoms with van der Waals surface area (Å²) in [7, 11) is -7.56. The number of rotatable bonds is 7. The van der Waals surface area contributed by atoms with Gasteiger partial charge in [-0.15, -0.1) is 0 Å². The fourth-order valence-corrected chi connectivity index (χ4v) is 6.51. The number of piperazine rings is 1. The number of morpholine rings is 1. The van der Waals surface area contributed by atoms with Crippen LogP contribution in [0.15, 0.2) is 53.4 Å². The number of ether oxygens (including phenoxy) is 1. The number of amides is 1. The number of benzene rings is 2. The molecule has 0 aromatic heterocycles. The molecule has 0 radical (unpaired) electrons. The van der Waals surface area contributed by atoms with E-state index < -0.39 is 32.5 Å². The molecule has 4 rings (SSSR count). The summed E-state index contributed by atoms with van der Waals surface area (Å²) < 4.78 is 72.3. The van der Waals surface area contributed by atoms with E-state index in [4.69, 9.17) is 4.74 Å². The summed E-state index contributed by atoms with van der Waals surface area (Å²) in [4.78, 5) is 16.4. The fraction of sp³-hybridized carbons (Fsp3) is 0.435. The number of para-hydroxylation sites is 1. The number of sulfonamides is 2. The molecular formula is C23H29FN4O6S2. The van der Waals surface area contributed by atoms with E-state index >= 15 is 0 Å². The third kappa shape index (κ3) is 5.80. The van der Waals surface area contributed by atoms with Gasteiger partial charge in [0.1, 0.15) is 12.4 Å². The van der Waals surface area contributed by atoms with Gasteiger partial charge in [-0.3, -0.25) is 9.10 Å². The van der Waals surface area contributed by atoms with E-state index in [-0.39, 0.29) is 29.5 Å². The first kappa shape index (κ1) is 26.3. The second kappa shape index (κ2) is 10.7. The molecule has 0 bridgehead atoms. The van der Waals surface area contributed by atoms with Gasteiger partial charge < -0.3 is 14.5 Å². The Morgan fingerprint density at radius 1 is 0.917 bits per heavy atom. The van der Waals surface area contributed by atoms with E-state index in [1.807, 2.05) is 4.90 Å². The van der Waals surface area contributed by atoms with Crippen molar-refractivity contribution in [3.8, 4) is 0 Å². The Morgan fingerprint density at radius 2 is 1.53 bits per heavy atom. The molecule has 1 amide bonds. The lowest BCUT2D eigenvalue weighted by Gasteiger charge is -2.37. The first-order valence-corrected chi connectivity index (χ1v) is 14.8. The SMILES string of the molecule is CS(=O)(=O)N(CC(=O)N1CCN(c2ccccc2F)CC1)c1ccc(S(=O)(=O)N2CCOCC2)cc1. The second-order valence-corrected chi connectivity index (χ2v) is 12.4. The van der Waals surface area contributed by atoms with E-state index in [1.54, 1.807) is 23.1 Å². The second-order valence-electron chi connectivity index (χ2n) is 8.60. The quantitative estimate of drug-likeness (QED) is 0.515. The minimum Gasteiger partial charge on any atom is -0.379 e. The van der Waals surface area contributed by atoms with E-state index in [9.17, 15) is 26.0 Å². The van der Waals surface area contributed by atoms with E-state index in [0.29, 0.717) is 45.1 Å². The highest BCUT2D eigenvalue weighted by Crippen LogP contribution is 2.24. The normalized spacial score (nSPS) is 17.7. The van der Waals surface area contributed by atoms with Gasteiger partial charge in [-0.1, -0.05) is 12.1 Å². The summed E-state index contributed by atoms with van der Waals surface area (Å²) >= 11 is 0. The highest BCUT2D eigenvalue weighted by molar-refractivity contribution is 7.92. The van der Waals surface area contributed by atoms with Crippen molar-refractivity contribution in [3.63, 3.8) is 0 Å². The van der Waals surface area contributed by atoms with Gasteiger partial charge in [0.2, 0.25) is 26.0 Å². The van der Waals surface area contributed by atoms with E-state index in [0.717, 1.165) is 10.6 Å². The highest BCUT2D eigenvalue weighted by atomic mass is 32.2. The van der Waals surface area contributed by atoms with Crippen molar-refractivity contribution in [1.29, 1.82) is 0 Å². The highest BCUT2D eigenvalue weighted by Gasteiger charge is 2.29. The van der Waals surface area contributed by atoms with Crippen molar-refractivity contribution >= 4 is 37.3 Å².